The average Bonchev–Trinajstić information content (AvgIpc) is 2.69. The van der Waals surface area contributed by atoms with Gasteiger partial charge in [0.2, 0.25) is 0 Å². The van der Waals surface area contributed by atoms with Crippen molar-refractivity contribution < 1.29 is 27.8 Å². The zero-order valence-corrected chi connectivity index (χ0v) is 15.8. The number of anilines is 1. The van der Waals surface area contributed by atoms with Gasteiger partial charge in [-0.05, 0) is 68.2 Å². The molecular formula is C20H27F3N2O3. The molecule has 2 N–H and O–H groups in total. The van der Waals surface area contributed by atoms with Crippen molar-refractivity contribution in [1.82, 2.24) is 4.90 Å². The van der Waals surface area contributed by atoms with Crippen LogP contribution in [0.1, 0.15) is 44.1 Å². The molecule has 1 aromatic carbocycles. The first-order valence-electron chi connectivity index (χ1n) is 9.77. The number of hydrogen-bond donors (Lipinski definition) is 2. The summed E-state index contributed by atoms with van der Waals surface area (Å²) in [6.45, 7) is 1.84. The number of nitrogens with one attached hydrogen (secondary N) is 1. The summed E-state index contributed by atoms with van der Waals surface area (Å²) in [7, 11) is 0. The highest BCUT2D eigenvalue weighted by Crippen LogP contribution is 2.38. The predicted molar refractivity (Wildman–Crippen MR) is 99.0 cm³/mol. The van der Waals surface area contributed by atoms with Gasteiger partial charge in [0.1, 0.15) is 0 Å². The number of urea groups is 1. The molecule has 1 aromatic rings. The summed E-state index contributed by atoms with van der Waals surface area (Å²) in [5.74, 6) is 0. The number of aliphatic hydroxyl groups excluding tert-OH is 1. The lowest BCUT2D eigenvalue weighted by Crippen LogP contribution is -2.47. The Labute approximate surface area is 162 Å². The topological polar surface area (TPSA) is 61.8 Å². The minimum Gasteiger partial charge on any atom is -0.396 e. The highest BCUT2D eigenvalue weighted by molar-refractivity contribution is 5.89. The molecule has 0 bridgehead atoms. The van der Waals surface area contributed by atoms with Gasteiger partial charge in [0, 0.05) is 32.0 Å². The van der Waals surface area contributed by atoms with E-state index < -0.39 is 11.7 Å². The van der Waals surface area contributed by atoms with E-state index in [1.165, 1.54) is 12.1 Å². The Morgan fingerprint density at radius 1 is 1.21 bits per heavy atom. The Bertz CT molecular complexity index is 650. The molecule has 2 aliphatic heterocycles. The molecule has 2 saturated heterocycles. The lowest BCUT2D eigenvalue weighted by atomic mass is 9.74. The molecule has 2 aliphatic rings. The lowest BCUT2D eigenvalue weighted by molar-refractivity contribution is -0.137. The molecule has 2 fully saturated rings. The Hall–Kier alpha value is -1.80. The van der Waals surface area contributed by atoms with Crippen LogP contribution in [0.5, 0.6) is 0 Å². The highest BCUT2D eigenvalue weighted by Gasteiger charge is 2.38. The van der Waals surface area contributed by atoms with Crippen molar-refractivity contribution in [2.45, 2.75) is 50.8 Å². The molecule has 2 amide bonds. The fourth-order valence-electron chi connectivity index (χ4n) is 4.01. The first kappa shape index (κ1) is 20.9. The van der Waals surface area contributed by atoms with E-state index in [-0.39, 0.29) is 24.2 Å². The second-order valence-electron chi connectivity index (χ2n) is 7.84. The first-order chi connectivity index (χ1) is 13.3. The van der Waals surface area contributed by atoms with Gasteiger partial charge in [0.15, 0.2) is 0 Å². The van der Waals surface area contributed by atoms with E-state index in [0.29, 0.717) is 31.6 Å². The van der Waals surface area contributed by atoms with E-state index in [4.69, 9.17) is 4.74 Å². The number of likely N-dealkylation sites (tertiary alicyclic amines) is 1. The van der Waals surface area contributed by atoms with Gasteiger partial charge in [0.25, 0.3) is 0 Å². The fraction of sp³-hybridized carbons (Fsp3) is 0.650. The van der Waals surface area contributed by atoms with Gasteiger partial charge >= 0.3 is 12.2 Å². The molecule has 3 rings (SSSR count). The van der Waals surface area contributed by atoms with Crippen molar-refractivity contribution in [2.24, 2.45) is 5.41 Å². The van der Waals surface area contributed by atoms with E-state index in [1.54, 1.807) is 4.90 Å². The standard InChI is InChI=1S/C20H27F3N2O3/c21-20(22,23)15-4-6-16(7-5-15)24-18(27)25-10-8-19(14-26,9-11-25)13-17-3-1-2-12-28-17/h4-7,17,26H,1-3,8-14H2,(H,24,27)/t17-/m0/s1. The van der Waals surface area contributed by atoms with Crippen LogP contribution in [0.3, 0.4) is 0 Å². The maximum atomic E-state index is 12.6. The Kier molecular flexibility index (Phi) is 6.50. The predicted octanol–water partition coefficient (Wildman–Crippen LogP) is 4.27. The van der Waals surface area contributed by atoms with Gasteiger partial charge in [-0.25, -0.2) is 4.79 Å². The van der Waals surface area contributed by atoms with Gasteiger partial charge in [0.05, 0.1) is 11.7 Å². The molecule has 156 valence electrons. The maximum absolute atomic E-state index is 12.6. The normalized spacial score (nSPS) is 22.7. The summed E-state index contributed by atoms with van der Waals surface area (Å²) in [6, 6.07) is 4.08. The van der Waals surface area contributed by atoms with Crippen molar-refractivity contribution in [3.8, 4) is 0 Å². The van der Waals surface area contributed by atoms with Crippen molar-refractivity contribution >= 4 is 11.7 Å². The second-order valence-corrected chi connectivity index (χ2v) is 7.84. The number of halogens is 3. The van der Waals surface area contributed by atoms with Crippen LogP contribution >= 0.6 is 0 Å². The van der Waals surface area contributed by atoms with Gasteiger partial charge < -0.3 is 20.1 Å². The maximum Gasteiger partial charge on any atom is 0.416 e. The molecule has 0 unspecified atom stereocenters. The van der Waals surface area contributed by atoms with Crippen molar-refractivity contribution in [3.63, 3.8) is 0 Å². The number of carbonyl (C=O) groups excluding carboxylic acids is 1. The molecule has 0 spiro atoms. The molecule has 0 aromatic heterocycles. The number of ether oxygens (including phenoxy) is 1. The fourth-order valence-corrected chi connectivity index (χ4v) is 4.01. The molecule has 0 saturated carbocycles. The quantitative estimate of drug-likeness (QED) is 0.793. The van der Waals surface area contributed by atoms with Crippen LogP contribution in [-0.2, 0) is 10.9 Å². The molecular weight excluding hydrogens is 373 g/mol. The van der Waals surface area contributed by atoms with Crippen LogP contribution < -0.4 is 5.32 Å². The van der Waals surface area contributed by atoms with E-state index in [0.717, 1.165) is 44.4 Å². The SMILES string of the molecule is O=C(Nc1ccc(C(F)(F)F)cc1)N1CCC(CO)(C[C@@H]2CCCCO2)CC1. The number of hydrogen-bond acceptors (Lipinski definition) is 3. The number of piperidine rings is 1. The average molecular weight is 400 g/mol. The molecule has 5 nitrogen and oxygen atoms in total. The third-order valence-electron chi connectivity index (χ3n) is 5.84. The van der Waals surface area contributed by atoms with E-state index in [9.17, 15) is 23.1 Å². The second kappa shape index (κ2) is 8.69. The van der Waals surface area contributed by atoms with Crippen LogP contribution in [-0.4, -0.2) is 48.4 Å². The van der Waals surface area contributed by atoms with Crippen LogP contribution in [0.4, 0.5) is 23.7 Å². The van der Waals surface area contributed by atoms with Gasteiger partial charge in [-0.3, -0.25) is 0 Å². The van der Waals surface area contributed by atoms with Crippen LogP contribution in [0, 0.1) is 5.41 Å². The monoisotopic (exact) mass is 400 g/mol. The van der Waals surface area contributed by atoms with E-state index in [2.05, 4.69) is 5.32 Å². The number of alkyl halides is 3. The smallest absolute Gasteiger partial charge is 0.396 e. The summed E-state index contributed by atoms with van der Waals surface area (Å²) >= 11 is 0. The number of amides is 2. The number of aliphatic hydroxyl groups is 1. The zero-order valence-electron chi connectivity index (χ0n) is 15.8. The number of carbonyl (C=O) groups is 1. The Balaban J connectivity index is 1.52. The molecule has 8 heteroatoms. The first-order valence-corrected chi connectivity index (χ1v) is 9.77. The Morgan fingerprint density at radius 3 is 2.43 bits per heavy atom. The molecule has 0 radical (unpaired) electrons. The summed E-state index contributed by atoms with van der Waals surface area (Å²) in [5.41, 5.74) is -0.651. The van der Waals surface area contributed by atoms with E-state index in [1.807, 2.05) is 0 Å². The summed E-state index contributed by atoms with van der Waals surface area (Å²) < 4.78 is 43.7. The minimum absolute atomic E-state index is 0.0707. The molecule has 1 atom stereocenters. The highest BCUT2D eigenvalue weighted by atomic mass is 19.4. The van der Waals surface area contributed by atoms with Crippen LogP contribution in [0.2, 0.25) is 0 Å². The largest absolute Gasteiger partial charge is 0.416 e. The molecule has 2 heterocycles. The van der Waals surface area contributed by atoms with Crippen molar-refractivity contribution in [1.29, 1.82) is 0 Å². The molecule has 0 aliphatic carbocycles. The third-order valence-corrected chi connectivity index (χ3v) is 5.84. The minimum atomic E-state index is -4.40. The van der Waals surface area contributed by atoms with Crippen LogP contribution in [0.25, 0.3) is 0 Å². The summed E-state index contributed by atoms with van der Waals surface area (Å²) in [6.07, 6.45) is 1.19. The zero-order chi connectivity index (χ0) is 20.2. The number of nitrogens with zero attached hydrogens (tertiary/aromatic N) is 1. The van der Waals surface area contributed by atoms with Gasteiger partial charge in [-0.2, -0.15) is 13.2 Å². The lowest BCUT2D eigenvalue weighted by Gasteiger charge is -2.43. The number of benzene rings is 1. The molecule has 28 heavy (non-hydrogen) atoms. The van der Waals surface area contributed by atoms with Crippen LogP contribution in [0.15, 0.2) is 24.3 Å². The van der Waals surface area contributed by atoms with Gasteiger partial charge in [-0.1, -0.05) is 0 Å². The summed E-state index contributed by atoms with van der Waals surface area (Å²) in [5, 5.41) is 12.6. The third kappa shape index (κ3) is 5.17. The van der Waals surface area contributed by atoms with Crippen molar-refractivity contribution in [3.05, 3.63) is 29.8 Å². The number of rotatable bonds is 4. The van der Waals surface area contributed by atoms with Gasteiger partial charge in [-0.15, -0.1) is 0 Å². The van der Waals surface area contributed by atoms with Crippen molar-refractivity contribution in [2.75, 3.05) is 31.6 Å². The summed E-state index contributed by atoms with van der Waals surface area (Å²) in [4.78, 5) is 14.1. The Morgan fingerprint density at radius 2 is 1.89 bits per heavy atom. The van der Waals surface area contributed by atoms with E-state index >= 15 is 0 Å².